The normalized spacial score (nSPS) is 19.4. The summed E-state index contributed by atoms with van der Waals surface area (Å²) in [5.74, 6) is 0.891. The zero-order valence-corrected chi connectivity index (χ0v) is 11.2. The third kappa shape index (κ3) is 3.32. The van der Waals surface area contributed by atoms with Gasteiger partial charge >= 0.3 is 0 Å². The van der Waals surface area contributed by atoms with Gasteiger partial charge in [0.15, 0.2) is 0 Å². The van der Waals surface area contributed by atoms with Crippen molar-refractivity contribution >= 4 is 0 Å². The highest BCUT2D eigenvalue weighted by molar-refractivity contribution is 4.99. The number of hydrogen-bond donors (Lipinski definition) is 1. The van der Waals surface area contributed by atoms with Crippen LogP contribution < -0.4 is 5.32 Å². The fourth-order valence-electron chi connectivity index (χ4n) is 2.99. The average Bonchev–Trinajstić information content (AvgIpc) is 2.77. The van der Waals surface area contributed by atoms with Crippen molar-refractivity contribution in [3.05, 3.63) is 18.0 Å². The van der Waals surface area contributed by atoms with Crippen LogP contribution in [0.4, 0.5) is 0 Å². The zero-order chi connectivity index (χ0) is 12.1. The molecular formula is C14H25N3. The van der Waals surface area contributed by atoms with E-state index >= 15 is 0 Å². The molecule has 96 valence electrons. The van der Waals surface area contributed by atoms with Crippen LogP contribution in [-0.4, -0.2) is 15.8 Å². The standard InChI is InChI=1S/C14H25N3/c1-3-14(12-7-5-4-6-8-12)15-11-13-9-10-16-17(13)2/h9-10,12,14-15H,3-8,11H2,1-2H3. The van der Waals surface area contributed by atoms with Crippen LogP contribution in [-0.2, 0) is 13.6 Å². The Hall–Kier alpha value is -0.830. The van der Waals surface area contributed by atoms with E-state index in [-0.39, 0.29) is 0 Å². The highest BCUT2D eigenvalue weighted by Crippen LogP contribution is 2.27. The fraction of sp³-hybridized carbons (Fsp3) is 0.786. The van der Waals surface area contributed by atoms with Crippen LogP contribution in [0.15, 0.2) is 12.3 Å². The van der Waals surface area contributed by atoms with Gasteiger partial charge in [0.1, 0.15) is 0 Å². The van der Waals surface area contributed by atoms with Crippen molar-refractivity contribution < 1.29 is 0 Å². The third-order valence-corrected chi connectivity index (χ3v) is 4.13. The van der Waals surface area contributed by atoms with Gasteiger partial charge in [0.05, 0.1) is 5.69 Å². The molecule has 0 aliphatic heterocycles. The summed E-state index contributed by atoms with van der Waals surface area (Å²) in [5.41, 5.74) is 1.28. The van der Waals surface area contributed by atoms with Crippen LogP contribution in [0, 0.1) is 5.92 Å². The Morgan fingerprint density at radius 2 is 2.18 bits per heavy atom. The van der Waals surface area contributed by atoms with E-state index in [2.05, 4.69) is 23.4 Å². The monoisotopic (exact) mass is 235 g/mol. The van der Waals surface area contributed by atoms with Gasteiger partial charge in [-0.25, -0.2) is 0 Å². The fourth-order valence-corrected chi connectivity index (χ4v) is 2.99. The molecule has 3 heteroatoms. The molecule has 0 bridgehead atoms. The van der Waals surface area contributed by atoms with E-state index in [1.807, 2.05) is 17.9 Å². The first-order valence-electron chi connectivity index (χ1n) is 7.01. The van der Waals surface area contributed by atoms with E-state index in [1.165, 1.54) is 44.2 Å². The Morgan fingerprint density at radius 3 is 2.76 bits per heavy atom. The quantitative estimate of drug-likeness (QED) is 0.850. The molecule has 1 aromatic rings. The average molecular weight is 235 g/mol. The lowest BCUT2D eigenvalue weighted by Crippen LogP contribution is -2.36. The molecule has 0 amide bonds. The number of hydrogen-bond acceptors (Lipinski definition) is 2. The maximum absolute atomic E-state index is 4.21. The van der Waals surface area contributed by atoms with Gasteiger partial charge in [-0.2, -0.15) is 5.10 Å². The predicted octanol–water partition coefficient (Wildman–Crippen LogP) is 2.87. The summed E-state index contributed by atoms with van der Waals surface area (Å²) >= 11 is 0. The minimum Gasteiger partial charge on any atom is -0.308 e. The van der Waals surface area contributed by atoms with Crippen molar-refractivity contribution in [3.8, 4) is 0 Å². The SMILES string of the molecule is CCC(NCc1ccnn1C)C1CCCCC1. The van der Waals surface area contributed by atoms with Crippen molar-refractivity contribution in [2.24, 2.45) is 13.0 Å². The minimum absolute atomic E-state index is 0.685. The molecule has 3 nitrogen and oxygen atoms in total. The van der Waals surface area contributed by atoms with Crippen molar-refractivity contribution in [3.63, 3.8) is 0 Å². The maximum atomic E-state index is 4.21. The van der Waals surface area contributed by atoms with Gasteiger partial charge in [-0.05, 0) is 31.2 Å². The molecule has 1 aliphatic carbocycles. The van der Waals surface area contributed by atoms with E-state index in [4.69, 9.17) is 0 Å². The number of rotatable bonds is 5. The zero-order valence-electron chi connectivity index (χ0n) is 11.2. The Balaban J connectivity index is 1.84. The van der Waals surface area contributed by atoms with Crippen molar-refractivity contribution in [1.29, 1.82) is 0 Å². The summed E-state index contributed by atoms with van der Waals surface area (Å²) in [5, 5.41) is 7.93. The minimum atomic E-state index is 0.685. The van der Waals surface area contributed by atoms with Gasteiger partial charge in [0.2, 0.25) is 0 Å². The maximum Gasteiger partial charge on any atom is 0.0518 e. The van der Waals surface area contributed by atoms with Crippen LogP contribution in [0.3, 0.4) is 0 Å². The summed E-state index contributed by atoms with van der Waals surface area (Å²) in [6, 6.07) is 2.78. The molecule has 2 rings (SSSR count). The Morgan fingerprint density at radius 1 is 1.41 bits per heavy atom. The topological polar surface area (TPSA) is 29.9 Å². The molecule has 1 aliphatic rings. The number of aromatic nitrogens is 2. The number of nitrogens with one attached hydrogen (secondary N) is 1. The van der Waals surface area contributed by atoms with Crippen LogP contribution >= 0.6 is 0 Å². The molecule has 1 saturated carbocycles. The van der Waals surface area contributed by atoms with Gasteiger partial charge in [-0.3, -0.25) is 4.68 Å². The molecule has 1 fully saturated rings. The van der Waals surface area contributed by atoms with E-state index in [0.29, 0.717) is 6.04 Å². The first-order chi connectivity index (χ1) is 8.31. The molecule has 0 spiro atoms. The Bertz CT molecular complexity index is 326. The first kappa shape index (κ1) is 12.6. The van der Waals surface area contributed by atoms with E-state index in [1.54, 1.807) is 0 Å². The Kier molecular flexibility index (Phi) is 4.60. The highest BCUT2D eigenvalue weighted by atomic mass is 15.3. The van der Waals surface area contributed by atoms with Crippen LogP contribution in [0.25, 0.3) is 0 Å². The largest absolute Gasteiger partial charge is 0.308 e. The molecule has 1 N–H and O–H groups in total. The summed E-state index contributed by atoms with van der Waals surface area (Å²) in [4.78, 5) is 0. The van der Waals surface area contributed by atoms with Crippen LogP contribution in [0.5, 0.6) is 0 Å². The van der Waals surface area contributed by atoms with Gasteiger partial charge in [0, 0.05) is 25.8 Å². The lowest BCUT2D eigenvalue weighted by Gasteiger charge is -2.30. The molecule has 0 aromatic carbocycles. The Labute approximate surface area is 105 Å². The summed E-state index contributed by atoms with van der Waals surface area (Å²) in [7, 11) is 2.01. The van der Waals surface area contributed by atoms with Crippen molar-refractivity contribution in [2.45, 2.75) is 58.0 Å². The van der Waals surface area contributed by atoms with Crippen LogP contribution in [0.1, 0.15) is 51.1 Å². The second kappa shape index (κ2) is 6.20. The summed E-state index contributed by atoms with van der Waals surface area (Å²) < 4.78 is 1.96. The van der Waals surface area contributed by atoms with Crippen molar-refractivity contribution in [2.75, 3.05) is 0 Å². The van der Waals surface area contributed by atoms with E-state index in [9.17, 15) is 0 Å². The molecule has 0 radical (unpaired) electrons. The second-order valence-corrected chi connectivity index (χ2v) is 5.24. The van der Waals surface area contributed by atoms with E-state index < -0.39 is 0 Å². The first-order valence-corrected chi connectivity index (χ1v) is 7.01. The lowest BCUT2D eigenvalue weighted by molar-refractivity contribution is 0.260. The van der Waals surface area contributed by atoms with Gasteiger partial charge < -0.3 is 5.32 Å². The molecule has 0 saturated heterocycles. The third-order valence-electron chi connectivity index (χ3n) is 4.13. The molecule has 1 heterocycles. The smallest absolute Gasteiger partial charge is 0.0518 e. The number of aryl methyl sites for hydroxylation is 1. The second-order valence-electron chi connectivity index (χ2n) is 5.24. The molecule has 1 atom stereocenters. The lowest BCUT2D eigenvalue weighted by atomic mass is 9.83. The van der Waals surface area contributed by atoms with Gasteiger partial charge in [-0.1, -0.05) is 26.2 Å². The van der Waals surface area contributed by atoms with Gasteiger partial charge in [-0.15, -0.1) is 0 Å². The molecule has 17 heavy (non-hydrogen) atoms. The highest BCUT2D eigenvalue weighted by Gasteiger charge is 2.21. The number of nitrogens with zero attached hydrogens (tertiary/aromatic N) is 2. The van der Waals surface area contributed by atoms with Crippen LogP contribution in [0.2, 0.25) is 0 Å². The molecular weight excluding hydrogens is 210 g/mol. The van der Waals surface area contributed by atoms with Crippen molar-refractivity contribution in [1.82, 2.24) is 15.1 Å². The molecule has 1 aromatic heterocycles. The predicted molar refractivity (Wildman–Crippen MR) is 70.7 cm³/mol. The van der Waals surface area contributed by atoms with Gasteiger partial charge in [0.25, 0.3) is 0 Å². The van der Waals surface area contributed by atoms with E-state index in [0.717, 1.165) is 12.5 Å². The summed E-state index contributed by atoms with van der Waals surface area (Å²) in [6.45, 7) is 3.25. The summed E-state index contributed by atoms with van der Waals surface area (Å²) in [6.07, 6.45) is 10.2. The molecule has 1 unspecified atom stereocenters.